The third kappa shape index (κ3) is 3.36. The maximum atomic E-state index is 14.3. The fraction of sp³-hybridized carbons (Fsp3) is 0.250. The van der Waals surface area contributed by atoms with E-state index < -0.39 is 5.82 Å². The molecule has 0 fully saturated rings. The van der Waals surface area contributed by atoms with Crippen molar-refractivity contribution in [3.8, 4) is 22.2 Å². The Morgan fingerprint density at radius 1 is 1.14 bits per heavy atom. The molecule has 8 heteroatoms. The summed E-state index contributed by atoms with van der Waals surface area (Å²) in [6.07, 6.45) is 1.40. The van der Waals surface area contributed by atoms with E-state index in [-0.39, 0.29) is 18.5 Å². The van der Waals surface area contributed by atoms with E-state index in [0.29, 0.717) is 33.0 Å². The van der Waals surface area contributed by atoms with Crippen LogP contribution in [0, 0.1) is 5.82 Å². The number of hydrogen-bond donors (Lipinski definition) is 1. The van der Waals surface area contributed by atoms with Crippen molar-refractivity contribution < 1.29 is 19.0 Å². The summed E-state index contributed by atoms with van der Waals surface area (Å²) < 4.78 is 25.8. The van der Waals surface area contributed by atoms with Crippen LogP contribution in [0.5, 0.6) is 11.6 Å². The van der Waals surface area contributed by atoms with Gasteiger partial charge in [0.1, 0.15) is 5.01 Å². The minimum atomic E-state index is -0.448. The summed E-state index contributed by atoms with van der Waals surface area (Å²) in [6, 6.07) is 6.62. The number of rotatable bonds is 5. The Bertz CT molecular complexity index is 1170. The molecule has 2 heterocycles. The van der Waals surface area contributed by atoms with Gasteiger partial charge in [-0.1, -0.05) is 0 Å². The molecule has 4 aromatic rings. The largest absolute Gasteiger partial charge is 0.488 e. The van der Waals surface area contributed by atoms with E-state index in [1.54, 1.807) is 12.1 Å². The standard InChI is InChI=1S/C20H18FN3O3S/c1-10(2)27-16-7-17-14(6-13(16)21)24-20(28-17)12-4-11(9-25)5-15-19(12)22-8-18(23-15)26-3/h4-8,10,25H,9H2,1-3H3. The van der Waals surface area contributed by atoms with Crippen LogP contribution in [-0.2, 0) is 6.61 Å². The lowest BCUT2D eigenvalue weighted by Crippen LogP contribution is -2.06. The Morgan fingerprint density at radius 3 is 2.68 bits per heavy atom. The summed E-state index contributed by atoms with van der Waals surface area (Å²) in [5, 5.41) is 10.3. The third-order valence-corrected chi connectivity index (χ3v) is 5.16. The fourth-order valence-corrected chi connectivity index (χ4v) is 3.90. The van der Waals surface area contributed by atoms with E-state index >= 15 is 0 Å². The van der Waals surface area contributed by atoms with Gasteiger partial charge in [-0.25, -0.2) is 19.3 Å². The first kappa shape index (κ1) is 18.5. The molecule has 1 N–H and O–H groups in total. The Labute approximate surface area is 164 Å². The lowest BCUT2D eigenvalue weighted by atomic mass is 10.1. The number of halogens is 1. The van der Waals surface area contributed by atoms with Crippen LogP contribution in [0.15, 0.2) is 30.5 Å². The third-order valence-electron chi connectivity index (χ3n) is 4.11. The van der Waals surface area contributed by atoms with Gasteiger partial charge < -0.3 is 14.6 Å². The molecule has 0 unspecified atom stereocenters. The van der Waals surface area contributed by atoms with Crippen molar-refractivity contribution in [3.63, 3.8) is 0 Å². The highest BCUT2D eigenvalue weighted by Gasteiger charge is 2.16. The molecule has 0 atom stereocenters. The smallest absolute Gasteiger partial charge is 0.232 e. The Morgan fingerprint density at radius 2 is 1.96 bits per heavy atom. The van der Waals surface area contributed by atoms with Crippen molar-refractivity contribution in [1.29, 1.82) is 0 Å². The first-order valence-corrected chi connectivity index (χ1v) is 9.51. The molecule has 0 radical (unpaired) electrons. The monoisotopic (exact) mass is 399 g/mol. The second-order valence-electron chi connectivity index (χ2n) is 6.52. The van der Waals surface area contributed by atoms with Gasteiger partial charge in [-0.3, -0.25) is 0 Å². The molecule has 0 saturated carbocycles. The zero-order valence-corrected chi connectivity index (χ0v) is 16.4. The number of thiazole rings is 1. The van der Waals surface area contributed by atoms with E-state index in [1.165, 1.54) is 30.7 Å². The van der Waals surface area contributed by atoms with Crippen LogP contribution >= 0.6 is 11.3 Å². The predicted octanol–water partition coefficient (Wildman–Crippen LogP) is 4.33. The molecule has 0 spiro atoms. The Kier molecular flexibility index (Phi) is 4.82. The topological polar surface area (TPSA) is 77.4 Å². The summed E-state index contributed by atoms with van der Waals surface area (Å²) >= 11 is 1.41. The molecule has 0 bridgehead atoms. The quantitative estimate of drug-likeness (QED) is 0.538. The van der Waals surface area contributed by atoms with Crippen molar-refractivity contribution in [2.45, 2.75) is 26.6 Å². The number of methoxy groups -OCH3 is 1. The molecule has 4 rings (SSSR count). The first-order chi connectivity index (χ1) is 13.5. The minimum absolute atomic E-state index is 0.130. The van der Waals surface area contributed by atoms with Gasteiger partial charge in [0.2, 0.25) is 5.88 Å². The number of aliphatic hydroxyl groups excluding tert-OH is 1. The molecule has 6 nitrogen and oxygen atoms in total. The van der Waals surface area contributed by atoms with E-state index in [2.05, 4.69) is 15.0 Å². The van der Waals surface area contributed by atoms with Crippen LogP contribution < -0.4 is 9.47 Å². The van der Waals surface area contributed by atoms with Crippen LogP contribution in [0.2, 0.25) is 0 Å². The van der Waals surface area contributed by atoms with Crippen molar-refractivity contribution >= 4 is 32.6 Å². The van der Waals surface area contributed by atoms with Crippen LogP contribution in [-0.4, -0.2) is 33.3 Å². The summed E-state index contributed by atoms with van der Waals surface area (Å²) in [4.78, 5) is 13.4. The number of ether oxygens (including phenoxy) is 2. The van der Waals surface area contributed by atoms with E-state index in [9.17, 15) is 9.50 Å². The second-order valence-corrected chi connectivity index (χ2v) is 7.55. The summed E-state index contributed by atoms with van der Waals surface area (Å²) in [5.74, 6) is 0.142. The van der Waals surface area contributed by atoms with Gasteiger partial charge in [0.05, 0.1) is 47.3 Å². The molecular weight excluding hydrogens is 381 g/mol. The predicted molar refractivity (Wildman–Crippen MR) is 106 cm³/mol. The van der Waals surface area contributed by atoms with Crippen LogP contribution in [0.3, 0.4) is 0 Å². The summed E-state index contributed by atoms with van der Waals surface area (Å²) in [5.41, 5.74) is 3.17. The SMILES string of the molecule is COc1cnc2c(-c3nc4cc(F)c(OC(C)C)cc4s3)cc(CO)cc2n1. The molecule has 2 aromatic carbocycles. The van der Waals surface area contributed by atoms with E-state index in [1.807, 2.05) is 19.9 Å². The zero-order valence-electron chi connectivity index (χ0n) is 15.6. The first-order valence-electron chi connectivity index (χ1n) is 8.70. The average Bonchev–Trinajstić information content (AvgIpc) is 3.08. The highest BCUT2D eigenvalue weighted by Crippen LogP contribution is 2.37. The molecule has 0 amide bonds. The lowest BCUT2D eigenvalue weighted by Gasteiger charge is -2.09. The molecule has 0 aliphatic rings. The number of hydrogen-bond acceptors (Lipinski definition) is 7. The maximum Gasteiger partial charge on any atom is 0.232 e. The normalized spacial score (nSPS) is 11.5. The van der Waals surface area contributed by atoms with Gasteiger partial charge in [0, 0.05) is 17.7 Å². The van der Waals surface area contributed by atoms with Crippen molar-refractivity contribution in [3.05, 3.63) is 41.8 Å². The van der Waals surface area contributed by atoms with Gasteiger partial charge in [-0.15, -0.1) is 11.3 Å². The molecule has 28 heavy (non-hydrogen) atoms. The highest BCUT2D eigenvalue weighted by molar-refractivity contribution is 7.21. The molecular formula is C20H18FN3O3S. The summed E-state index contributed by atoms with van der Waals surface area (Å²) in [7, 11) is 1.52. The number of nitrogens with zero attached hydrogens (tertiary/aromatic N) is 3. The van der Waals surface area contributed by atoms with Crippen molar-refractivity contribution in [2.75, 3.05) is 7.11 Å². The van der Waals surface area contributed by atoms with Crippen LogP contribution in [0.25, 0.3) is 31.8 Å². The van der Waals surface area contributed by atoms with Crippen LogP contribution in [0.4, 0.5) is 4.39 Å². The van der Waals surface area contributed by atoms with Gasteiger partial charge in [-0.05, 0) is 31.5 Å². The van der Waals surface area contributed by atoms with Gasteiger partial charge in [0.25, 0.3) is 0 Å². The van der Waals surface area contributed by atoms with Crippen molar-refractivity contribution in [2.24, 2.45) is 0 Å². The lowest BCUT2D eigenvalue weighted by molar-refractivity contribution is 0.231. The minimum Gasteiger partial charge on any atom is -0.488 e. The number of aromatic nitrogens is 3. The zero-order chi connectivity index (χ0) is 19.8. The molecule has 144 valence electrons. The average molecular weight is 399 g/mol. The van der Waals surface area contributed by atoms with Gasteiger partial charge in [0.15, 0.2) is 11.6 Å². The fourth-order valence-electron chi connectivity index (χ4n) is 2.91. The molecule has 0 saturated heterocycles. The Hall–Kier alpha value is -2.84. The Balaban J connectivity index is 1.90. The van der Waals surface area contributed by atoms with E-state index in [0.717, 1.165) is 10.3 Å². The highest BCUT2D eigenvalue weighted by atomic mass is 32.1. The second kappa shape index (κ2) is 7.29. The van der Waals surface area contributed by atoms with Crippen molar-refractivity contribution in [1.82, 2.24) is 15.0 Å². The molecule has 0 aliphatic heterocycles. The van der Waals surface area contributed by atoms with Gasteiger partial charge in [-0.2, -0.15) is 0 Å². The van der Waals surface area contributed by atoms with Crippen LogP contribution in [0.1, 0.15) is 19.4 Å². The molecule has 0 aliphatic carbocycles. The van der Waals surface area contributed by atoms with E-state index in [4.69, 9.17) is 9.47 Å². The summed E-state index contributed by atoms with van der Waals surface area (Å²) in [6.45, 7) is 3.55. The maximum absolute atomic E-state index is 14.3. The van der Waals surface area contributed by atoms with Gasteiger partial charge >= 0.3 is 0 Å². The number of benzene rings is 2. The molecule has 2 aromatic heterocycles. The number of fused-ring (bicyclic) bond motifs is 2. The number of aliphatic hydroxyl groups is 1.